The number of amides is 1. The fourth-order valence-electron chi connectivity index (χ4n) is 2.38. The number of hydrogen-bond acceptors (Lipinski definition) is 4. The minimum absolute atomic E-state index is 0. The van der Waals surface area contributed by atoms with Crippen molar-refractivity contribution in [2.75, 3.05) is 44.1 Å². The van der Waals surface area contributed by atoms with Gasteiger partial charge in [-0.25, -0.2) is 0 Å². The molecule has 1 amide bonds. The summed E-state index contributed by atoms with van der Waals surface area (Å²) in [5.41, 5.74) is -0.136. The Bertz CT molecular complexity index is 565. The molecule has 1 aliphatic rings. The first-order chi connectivity index (χ1) is 10.8. The molecule has 0 radical (unpaired) electrons. The molecule has 1 aromatic carbocycles. The van der Waals surface area contributed by atoms with Crippen molar-refractivity contribution in [2.24, 2.45) is 0 Å². The molecule has 0 spiro atoms. The molecule has 0 bridgehead atoms. The van der Waals surface area contributed by atoms with Gasteiger partial charge in [0.1, 0.15) is 0 Å². The number of nitrogens with zero attached hydrogens (tertiary/aromatic N) is 1. The van der Waals surface area contributed by atoms with Gasteiger partial charge in [-0.05, 0) is 18.2 Å². The molecule has 10 heteroatoms. The maximum atomic E-state index is 12.9. The van der Waals surface area contributed by atoms with Crippen LogP contribution in [0, 0.1) is 0 Å². The Morgan fingerprint density at radius 1 is 1.36 bits per heavy atom. The number of anilines is 2. The van der Waals surface area contributed by atoms with Gasteiger partial charge in [-0.1, -0.05) is 0 Å². The Balaban J connectivity index is 0.00000288. The summed E-state index contributed by atoms with van der Waals surface area (Å²) in [6.45, 7) is 1.66. The molecular weight excluding hydrogens is 382 g/mol. The van der Waals surface area contributed by atoms with E-state index in [2.05, 4.69) is 10.6 Å². The largest absolute Gasteiger partial charge is 0.416 e. The number of carbonyl (C=O) groups excluding carboxylic acids is 1. The molecule has 1 aliphatic heterocycles. The third kappa shape index (κ3) is 6.89. The van der Waals surface area contributed by atoms with Gasteiger partial charge in [-0.2, -0.15) is 13.2 Å². The quantitative estimate of drug-likeness (QED) is 0.811. The van der Waals surface area contributed by atoms with E-state index >= 15 is 0 Å². The van der Waals surface area contributed by atoms with Gasteiger partial charge in [0.2, 0.25) is 5.91 Å². The minimum Gasteiger partial charge on any atom is -0.378 e. The fourth-order valence-corrected chi connectivity index (χ4v) is 2.38. The normalized spacial score (nSPS) is 17.1. The summed E-state index contributed by atoms with van der Waals surface area (Å²) in [6, 6.07) is 3.18. The van der Waals surface area contributed by atoms with E-state index in [1.54, 1.807) is 19.0 Å². The van der Waals surface area contributed by atoms with Crippen molar-refractivity contribution in [1.82, 2.24) is 5.32 Å². The van der Waals surface area contributed by atoms with Crippen molar-refractivity contribution in [3.63, 3.8) is 0 Å². The number of benzene rings is 1. The first kappa shape index (κ1) is 23.8. The number of rotatable bonds is 4. The van der Waals surface area contributed by atoms with E-state index < -0.39 is 11.7 Å². The number of hydrogen-bond donors (Lipinski definition) is 2. The van der Waals surface area contributed by atoms with Crippen LogP contribution >= 0.6 is 24.8 Å². The zero-order valence-electron chi connectivity index (χ0n) is 13.9. The number of ether oxygens (including phenoxy) is 1. The van der Waals surface area contributed by atoms with Gasteiger partial charge in [0, 0.05) is 33.1 Å². The van der Waals surface area contributed by atoms with Crippen LogP contribution in [0.15, 0.2) is 18.2 Å². The predicted octanol–water partition coefficient (Wildman–Crippen LogP) is 2.93. The minimum atomic E-state index is -4.46. The number of morpholine rings is 1. The molecular formula is C15H22Cl2F3N3O2. The first-order valence-electron chi connectivity index (χ1n) is 7.27. The molecule has 1 unspecified atom stereocenters. The van der Waals surface area contributed by atoms with Crippen molar-refractivity contribution < 1.29 is 22.7 Å². The van der Waals surface area contributed by atoms with Crippen LogP contribution in [0.25, 0.3) is 0 Å². The number of halogens is 5. The third-order valence-electron chi connectivity index (χ3n) is 3.51. The molecule has 1 saturated heterocycles. The maximum absolute atomic E-state index is 12.9. The molecule has 1 heterocycles. The van der Waals surface area contributed by atoms with Crippen LogP contribution in [0.3, 0.4) is 0 Å². The van der Waals surface area contributed by atoms with Crippen molar-refractivity contribution >= 4 is 42.1 Å². The molecule has 2 rings (SSSR count). The van der Waals surface area contributed by atoms with Crippen molar-refractivity contribution in [3.8, 4) is 0 Å². The van der Waals surface area contributed by atoms with Crippen LogP contribution < -0.4 is 15.5 Å². The molecule has 25 heavy (non-hydrogen) atoms. The average Bonchev–Trinajstić information content (AvgIpc) is 2.46. The molecule has 1 aromatic rings. The molecule has 0 aliphatic carbocycles. The van der Waals surface area contributed by atoms with Crippen LogP contribution in [0.4, 0.5) is 24.5 Å². The smallest absolute Gasteiger partial charge is 0.378 e. The van der Waals surface area contributed by atoms with Crippen LogP contribution in [0.5, 0.6) is 0 Å². The first-order valence-corrected chi connectivity index (χ1v) is 7.27. The second-order valence-corrected chi connectivity index (χ2v) is 5.60. The molecule has 1 atom stereocenters. The fraction of sp³-hybridized carbons (Fsp3) is 0.533. The van der Waals surface area contributed by atoms with E-state index in [-0.39, 0.29) is 48.9 Å². The number of nitrogens with one attached hydrogen (secondary N) is 2. The highest BCUT2D eigenvalue weighted by molar-refractivity contribution is 5.94. The van der Waals surface area contributed by atoms with Crippen LogP contribution in [-0.4, -0.2) is 45.8 Å². The van der Waals surface area contributed by atoms with Crippen molar-refractivity contribution in [2.45, 2.75) is 18.6 Å². The maximum Gasteiger partial charge on any atom is 0.416 e. The van der Waals surface area contributed by atoms with Gasteiger partial charge in [0.05, 0.1) is 30.2 Å². The molecule has 0 saturated carbocycles. The monoisotopic (exact) mass is 403 g/mol. The van der Waals surface area contributed by atoms with Crippen molar-refractivity contribution in [3.05, 3.63) is 23.8 Å². The Kier molecular flexibility index (Phi) is 9.57. The zero-order chi connectivity index (χ0) is 17.0. The second kappa shape index (κ2) is 10.1. The van der Waals surface area contributed by atoms with E-state index in [0.717, 1.165) is 12.1 Å². The Labute approximate surface area is 157 Å². The van der Waals surface area contributed by atoms with E-state index in [9.17, 15) is 18.0 Å². The standard InChI is InChI=1S/C15H20F3N3O2.2ClH/c1-21(2)13-4-3-10(15(16,17)18)7-12(13)20-14(22)8-11-9-23-6-5-19-11;;/h3-4,7,11,19H,5-6,8-9H2,1-2H3,(H,20,22);2*1H. The molecule has 5 nitrogen and oxygen atoms in total. The predicted molar refractivity (Wildman–Crippen MR) is 96.1 cm³/mol. The van der Waals surface area contributed by atoms with E-state index in [4.69, 9.17) is 4.74 Å². The topological polar surface area (TPSA) is 53.6 Å². The van der Waals surface area contributed by atoms with Crippen LogP contribution in [-0.2, 0) is 15.7 Å². The summed E-state index contributed by atoms with van der Waals surface area (Å²) in [5, 5.41) is 5.71. The van der Waals surface area contributed by atoms with Gasteiger partial charge >= 0.3 is 6.18 Å². The van der Waals surface area contributed by atoms with Gasteiger partial charge in [-0.15, -0.1) is 24.8 Å². The number of alkyl halides is 3. The van der Waals surface area contributed by atoms with E-state index in [1.165, 1.54) is 6.07 Å². The van der Waals surface area contributed by atoms with Gasteiger partial charge in [0.15, 0.2) is 0 Å². The summed E-state index contributed by atoms with van der Waals surface area (Å²) < 4.78 is 43.8. The summed E-state index contributed by atoms with van der Waals surface area (Å²) in [7, 11) is 3.41. The third-order valence-corrected chi connectivity index (χ3v) is 3.51. The highest BCUT2D eigenvalue weighted by atomic mass is 35.5. The highest BCUT2D eigenvalue weighted by Gasteiger charge is 2.31. The van der Waals surface area contributed by atoms with Gasteiger partial charge in [-0.3, -0.25) is 4.79 Å². The lowest BCUT2D eigenvalue weighted by Gasteiger charge is -2.24. The van der Waals surface area contributed by atoms with E-state index in [0.29, 0.717) is 25.4 Å². The summed E-state index contributed by atoms with van der Waals surface area (Å²) in [5.74, 6) is -0.351. The zero-order valence-corrected chi connectivity index (χ0v) is 15.5. The number of carbonyl (C=O) groups is 1. The van der Waals surface area contributed by atoms with Crippen molar-refractivity contribution in [1.29, 1.82) is 0 Å². The van der Waals surface area contributed by atoms with E-state index in [1.807, 2.05) is 0 Å². The summed E-state index contributed by atoms with van der Waals surface area (Å²) >= 11 is 0. The molecule has 2 N–H and O–H groups in total. The highest BCUT2D eigenvalue weighted by Crippen LogP contribution is 2.35. The summed E-state index contributed by atoms with van der Waals surface area (Å²) in [4.78, 5) is 13.8. The molecule has 0 aromatic heterocycles. The van der Waals surface area contributed by atoms with Gasteiger partial charge < -0.3 is 20.3 Å². The lowest BCUT2D eigenvalue weighted by Crippen LogP contribution is -2.43. The Morgan fingerprint density at radius 3 is 2.56 bits per heavy atom. The Hall–Kier alpha value is -1.22. The lowest BCUT2D eigenvalue weighted by molar-refractivity contribution is -0.137. The van der Waals surface area contributed by atoms with Crippen LogP contribution in [0.1, 0.15) is 12.0 Å². The Morgan fingerprint density at radius 2 is 2.04 bits per heavy atom. The average molecular weight is 404 g/mol. The van der Waals surface area contributed by atoms with Gasteiger partial charge in [0.25, 0.3) is 0 Å². The molecule has 1 fully saturated rings. The SMILES string of the molecule is CN(C)c1ccc(C(F)(F)F)cc1NC(=O)CC1COCCN1.Cl.Cl. The molecule has 144 valence electrons. The second-order valence-electron chi connectivity index (χ2n) is 5.60. The van der Waals surface area contributed by atoms with Crippen LogP contribution in [0.2, 0.25) is 0 Å². The summed E-state index contributed by atoms with van der Waals surface area (Å²) in [6.07, 6.45) is -4.31. The lowest BCUT2D eigenvalue weighted by atomic mass is 10.1.